The molecule has 0 unspecified atom stereocenters. The lowest BCUT2D eigenvalue weighted by molar-refractivity contribution is -0.121. The summed E-state index contributed by atoms with van der Waals surface area (Å²) < 4.78 is 0. The predicted octanol–water partition coefficient (Wildman–Crippen LogP) is 4.99. The summed E-state index contributed by atoms with van der Waals surface area (Å²) in [6.07, 6.45) is 17.5. The third-order valence-corrected chi connectivity index (χ3v) is 3.24. The van der Waals surface area contributed by atoms with Crippen LogP contribution in [-0.2, 0) is 4.79 Å². The lowest BCUT2D eigenvalue weighted by Crippen LogP contribution is -2.23. The summed E-state index contributed by atoms with van der Waals surface area (Å²) in [6, 6.07) is 0. The van der Waals surface area contributed by atoms with Crippen LogP contribution in [0.3, 0.4) is 0 Å². The highest BCUT2D eigenvalue weighted by Crippen LogP contribution is 2.08. The van der Waals surface area contributed by atoms with Gasteiger partial charge in [0.1, 0.15) is 0 Å². The van der Waals surface area contributed by atoms with Crippen LogP contribution in [-0.4, -0.2) is 12.5 Å². The van der Waals surface area contributed by atoms with Crippen molar-refractivity contribution in [3.8, 4) is 0 Å². The molecule has 2 nitrogen and oxygen atoms in total. The summed E-state index contributed by atoms with van der Waals surface area (Å²) >= 11 is 0. The van der Waals surface area contributed by atoms with Crippen molar-refractivity contribution in [3.05, 3.63) is 12.2 Å². The molecule has 0 aromatic heterocycles. The van der Waals surface area contributed by atoms with Crippen molar-refractivity contribution in [2.75, 3.05) is 6.54 Å². The quantitative estimate of drug-likeness (QED) is 0.369. The van der Waals surface area contributed by atoms with Gasteiger partial charge in [0.05, 0.1) is 0 Å². The number of allylic oxidation sites excluding steroid dienone is 2. The normalized spacial score (nSPS) is 11.1. The van der Waals surface area contributed by atoms with Gasteiger partial charge >= 0.3 is 0 Å². The number of unbranched alkanes of at least 4 members (excludes halogenated alkanes) is 7. The van der Waals surface area contributed by atoms with E-state index in [1.807, 2.05) is 0 Å². The lowest BCUT2D eigenvalue weighted by atomic mass is 10.1. The molecule has 0 aliphatic carbocycles. The summed E-state index contributed by atoms with van der Waals surface area (Å²) in [5, 5.41) is 2.92. The molecule has 0 rings (SSSR count). The van der Waals surface area contributed by atoms with Crippen LogP contribution in [0.4, 0.5) is 0 Å². The van der Waals surface area contributed by atoms with E-state index in [4.69, 9.17) is 0 Å². The molecule has 0 spiro atoms. The minimum Gasteiger partial charge on any atom is -0.356 e. The first kappa shape index (κ1) is 18.2. The standard InChI is InChI=1S/C17H33NO/c1-3-5-6-7-8-9-10-11-12-13-14-15-17(19)18-16-4-2/h7-8H,3-6,9-16H2,1-2H3,(H,18,19)/b8-7-. The van der Waals surface area contributed by atoms with Gasteiger partial charge in [-0.2, -0.15) is 0 Å². The molecule has 0 aromatic rings. The van der Waals surface area contributed by atoms with E-state index in [0.29, 0.717) is 6.42 Å². The summed E-state index contributed by atoms with van der Waals surface area (Å²) in [6.45, 7) is 5.14. The number of hydrogen-bond donors (Lipinski definition) is 1. The van der Waals surface area contributed by atoms with Gasteiger partial charge in [0.2, 0.25) is 5.91 Å². The minimum absolute atomic E-state index is 0.223. The third-order valence-electron chi connectivity index (χ3n) is 3.24. The molecule has 112 valence electrons. The molecule has 0 aliphatic heterocycles. The van der Waals surface area contributed by atoms with Crippen LogP contribution in [0.15, 0.2) is 12.2 Å². The number of hydrogen-bond acceptors (Lipinski definition) is 1. The molecule has 0 saturated carbocycles. The fraction of sp³-hybridized carbons (Fsp3) is 0.824. The van der Waals surface area contributed by atoms with Crippen LogP contribution in [0, 0.1) is 0 Å². The summed E-state index contributed by atoms with van der Waals surface area (Å²) in [5.41, 5.74) is 0. The van der Waals surface area contributed by atoms with Gasteiger partial charge in [-0.1, -0.05) is 58.1 Å². The van der Waals surface area contributed by atoms with E-state index in [0.717, 1.165) is 19.4 Å². The van der Waals surface area contributed by atoms with Crippen molar-refractivity contribution in [1.82, 2.24) is 5.32 Å². The van der Waals surface area contributed by atoms with Gasteiger partial charge in [0, 0.05) is 13.0 Å². The molecule has 0 heterocycles. The van der Waals surface area contributed by atoms with E-state index < -0.39 is 0 Å². The molecule has 0 atom stereocenters. The number of nitrogens with one attached hydrogen (secondary N) is 1. The first-order chi connectivity index (χ1) is 9.31. The van der Waals surface area contributed by atoms with Crippen LogP contribution in [0.5, 0.6) is 0 Å². The van der Waals surface area contributed by atoms with Gasteiger partial charge in [-0.15, -0.1) is 0 Å². The number of rotatable bonds is 13. The maximum atomic E-state index is 11.3. The zero-order chi connectivity index (χ0) is 14.2. The highest BCUT2D eigenvalue weighted by molar-refractivity contribution is 5.75. The highest BCUT2D eigenvalue weighted by atomic mass is 16.1. The monoisotopic (exact) mass is 267 g/mol. The molecule has 0 bridgehead atoms. The fourth-order valence-corrected chi connectivity index (χ4v) is 1.99. The highest BCUT2D eigenvalue weighted by Gasteiger charge is 1.98. The topological polar surface area (TPSA) is 29.1 Å². The lowest BCUT2D eigenvalue weighted by Gasteiger charge is -2.03. The second-order valence-corrected chi connectivity index (χ2v) is 5.27. The Morgan fingerprint density at radius 2 is 1.47 bits per heavy atom. The number of carbonyl (C=O) groups excluding carboxylic acids is 1. The first-order valence-corrected chi connectivity index (χ1v) is 8.23. The molecule has 19 heavy (non-hydrogen) atoms. The molecular formula is C17H33NO. The molecule has 0 radical (unpaired) electrons. The largest absolute Gasteiger partial charge is 0.356 e. The molecule has 0 saturated heterocycles. The third kappa shape index (κ3) is 15.2. The molecule has 0 aromatic carbocycles. The average molecular weight is 267 g/mol. The average Bonchev–Trinajstić information content (AvgIpc) is 2.42. The molecular weight excluding hydrogens is 234 g/mol. The van der Waals surface area contributed by atoms with Gasteiger partial charge in [0.25, 0.3) is 0 Å². The second-order valence-electron chi connectivity index (χ2n) is 5.27. The van der Waals surface area contributed by atoms with E-state index in [1.165, 1.54) is 51.4 Å². The van der Waals surface area contributed by atoms with Gasteiger partial charge in [-0.05, 0) is 32.1 Å². The van der Waals surface area contributed by atoms with Crippen molar-refractivity contribution in [3.63, 3.8) is 0 Å². The molecule has 0 fully saturated rings. The zero-order valence-electron chi connectivity index (χ0n) is 13.0. The molecule has 0 aliphatic rings. The van der Waals surface area contributed by atoms with E-state index in [1.54, 1.807) is 0 Å². The van der Waals surface area contributed by atoms with Crippen LogP contribution in [0.2, 0.25) is 0 Å². The Balaban J connectivity index is 3.14. The fourth-order valence-electron chi connectivity index (χ4n) is 1.99. The van der Waals surface area contributed by atoms with Crippen molar-refractivity contribution in [2.45, 2.75) is 84.5 Å². The van der Waals surface area contributed by atoms with E-state index in [2.05, 4.69) is 31.3 Å². The summed E-state index contributed by atoms with van der Waals surface area (Å²) in [5.74, 6) is 0.223. The minimum atomic E-state index is 0.223. The van der Waals surface area contributed by atoms with E-state index >= 15 is 0 Å². The molecule has 1 amide bonds. The SMILES string of the molecule is CCCC/C=C\CCCCCCCC(=O)NCCC. The Morgan fingerprint density at radius 1 is 0.842 bits per heavy atom. The summed E-state index contributed by atoms with van der Waals surface area (Å²) in [4.78, 5) is 11.3. The van der Waals surface area contributed by atoms with Crippen LogP contribution < -0.4 is 5.32 Å². The van der Waals surface area contributed by atoms with Crippen molar-refractivity contribution < 1.29 is 4.79 Å². The van der Waals surface area contributed by atoms with Crippen LogP contribution in [0.25, 0.3) is 0 Å². The maximum absolute atomic E-state index is 11.3. The van der Waals surface area contributed by atoms with Crippen LogP contribution in [0.1, 0.15) is 84.5 Å². The maximum Gasteiger partial charge on any atom is 0.219 e. The number of carbonyl (C=O) groups is 1. The zero-order valence-corrected chi connectivity index (χ0v) is 13.0. The van der Waals surface area contributed by atoms with Gasteiger partial charge in [-0.3, -0.25) is 4.79 Å². The van der Waals surface area contributed by atoms with Crippen molar-refractivity contribution in [1.29, 1.82) is 0 Å². The first-order valence-electron chi connectivity index (χ1n) is 8.23. The summed E-state index contributed by atoms with van der Waals surface area (Å²) in [7, 11) is 0. The Bertz CT molecular complexity index is 223. The smallest absolute Gasteiger partial charge is 0.219 e. The number of amides is 1. The Morgan fingerprint density at radius 3 is 2.16 bits per heavy atom. The van der Waals surface area contributed by atoms with E-state index in [9.17, 15) is 4.79 Å². The Kier molecular flexibility index (Phi) is 14.6. The molecule has 1 N–H and O–H groups in total. The van der Waals surface area contributed by atoms with Crippen LogP contribution >= 0.6 is 0 Å². The van der Waals surface area contributed by atoms with Crippen molar-refractivity contribution in [2.24, 2.45) is 0 Å². The van der Waals surface area contributed by atoms with Gasteiger partial charge < -0.3 is 5.32 Å². The Hall–Kier alpha value is -0.790. The molecule has 2 heteroatoms. The van der Waals surface area contributed by atoms with Crippen molar-refractivity contribution >= 4 is 5.91 Å². The van der Waals surface area contributed by atoms with Gasteiger partial charge in [0.15, 0.2) is 0 Å². The predicted molar refractivity (Wildman–Crippen MR) is 84.3 cm³/mol. The second kappa shape index (κ2) is 15.3. The van der Waals surface area contributed by atoms with E-state index in [-0.39, 0.29) is 5.91 Å². The Labute approximate surface area is 120 Å². The van der Waals surface area contributed by atoms with Gasteiger partial charge in [-0.25, -0.2) is 0 Å².